The van der Waals surface area contributed by atoms with Gasteiger partial charge in [-0.05, 0) is 50.2 Å². The van der Waals surface area contributed by atoms with E-state index in [-0.39, 0.29) is 23.8 Å². The normalized spacial score (nSPS) is 23.0. The van der Waals surface area contributed by atoms with Gasteiger partial charge in [0.2, 0.25) is 5.91 Å². The molecule has 4 amide bonds. The van der Waals surface area contributed by atoms with Gasteiger partial charge in [-0.1, -0.05) is 0 Å². The molecule has 154 valence electrons. The Morgan fingerprint density at radius 2 is 1.79 bits per heavy atom. The molecule has 1 aliphatic carbocycles. The van der Waals surface area contributed by atoms with E-state index in [9.17, 15) is 14.4 Å². The number of hydrogen-bond acceptors (Lipinski definition) is 4. The first-order valence-electron chi connectivity index (χ1n) is 10.2. The van der Waals surface area contributed by atoms with Crippen LogP contribution in [0.1, 0.15) is 42.7 Å². The van der Waals surface area contributed by atoms with Crippen LogP contribution < -0.4 is 10.6 Å². The molecule has 0 bridgehead atoms. The van der Waals surface area contributed by atoms with Gasteiger partial charge in [-0.25, -0.2) is 4.79 Å². The van der Waals surface area contributed by atoms with Crippen molar-refractivity contribution in [1.82, 2.24) is 20.4 Å². The van der Waals surface area contributed by atoms with E-state index in [4.69, 9.17) is 4.42 Å². The van der Waals surface area contributed by atoms with Gasteiger partial charge in [0.05, 0.1) is 6.26 Å². The minimum absolute atomic E-state index is 0.0688. The van der Waals surface area contributed by atoms with Crippen LogP contribution in [0.3, 0.4) is 0 Å². The number of nitrogens with zero attached hydrogens (tertiary/aromatic N) is 2. The monoisotopic (exact) mass is 390 g/mol. The van der Waals surface area contributed by atoms with Crippen LogP contribution in [0, 0.1) is 11.8 Å². The number of rotatable bonds is 4. The average Bonchev–Trinajstić information content (AvgIpc) is 3.15. The van der Waals surface area contributed by atoms with Crippen LogP contribution >= 0.6 is 0 Å². The summed E-state index contributed by atoms with van der Waals surface area (Å²) >= 11 is 0. The quantitative estimate of drug-likeness (QED) is 0.818. The molecule has 0 radical (unpaired) electrons. The molecule has 1 aromatic rings. The number of hydrogen-bond donors (Lipinski definition) is 2. The molecule has 2 heterocycles. The summed E-state index contributed by atoms with van der Waals surface area (Å²) in [6.07, 6.45) is 5.93. The molecular weight excluding hydrogens is 360 g/mol. The summed E-state index contributed by atoms with van der Waals surface area (Å²) in [4.78, 5) is 40.2. The second-order valence-corrected chi connectivity index (χ2v) is 7.63. The third-order valence-electron chi connectivity index (χ3n) is 5.81. The lowest BCUT2D eigenvalue weighted by Crippen LogP contribution is -2.44. The molecule has 8 heteroatoms. The van der Waals surface area contributed by atoms with Crippen LogP contribution in [0.4, 0.5) is 4.79 Å². The molecule has 2 N–H and O–H groups in total. The highest BCUT2D eigenvalue weighted by Gasteiger charge is 2.27. The fourth-order valence-corrected chi connectivity index (χ4v) is 4.06. The van der Waals surface area contributed by atoms with E-state index in [0.29, 0.717) is 44.4 Å². The first kappa shape index (κ1) is 20.2. The minimum atomic E-state index is -0.125. The van der Waals surface area contributed by atoms with Gasteiger partial charge in [-0.3, -0.25) is 9.59 Å². The Morgan fingerprint density at radius 3 is 2.46 bits per heavy atom. The summed E-state index contributed by atoms with van der Waals surface area (Å²) in [5.74, 6) is 0.875. The van der Waals surface area contributed by atoms with Gasteiger partial charge >= 0.3 is 6.03 Å². The van der Waals surface area contributed by atoms with Gasteiger partial charge in [-0.15, -0.1) is 0 Å². The van der Waals surface area contributed by atoms with Crippen molar-refractivity contribution in [3.63, 3.8) is 0 Å². The molecule has 2 fully saturated rings. The fraction of sp³-hybridized carbons (Fsp3) is 0.650. The first-order chi connectivity index (χ1) is 13.6. The molecule has 0 aromatic carbocycles. The van der Waals surface area contributed by atoms with Crippen molar-refractivity contribution in [3.8, 4) is 0 Å². The Bertz CT molecular complexity index is 668. The van der Waals surface area contributed by atoms with Crippen molar-refractivity contribution in [2.75, 3.05) is 39.8 Å². The van der Waals surface area contributed by atoms with E-state index in [2.05, 4.69) is 10.6 Å². The van der Waals surface area contributed by atoms with Crippen LogP contribution in [0.25, 0.3) is 0 Å². The number of urea groups is 1. The topological polar surface area (TPSA) is 94.9 Å². The number of carbonyl (C=O) groups is 3. The van der Waals surface area contributed by atoms with Crippen LogP contribution in [-0.4, -0.2) is 67.4 Å². The standard InChI is InChI=1S/C20H30N4O4/c1-21-18(25)16-7-5-15(6-8-16)14-22-20(27)24-10-3-9-23(11-12-24)19(26)17-4-2-13-28-17/h2,4,13,15-16H,3,5-12,14H2,1H3,(H,21,25)(H,22,27). The lowest BCUT2D eigenvalue weighted by Gasteiger charge is -2.28. The molecule has 2 aliphatic rings. The highest BCUT2D eigenvalue weighted by atomic mass is 16.3. The Kier molecular flexibility index (Phi) is 6.95. The van der Waals surface area contributed by atoms with Gasteiger partial charge in [-0.2, -0.15) is 0 Å². The third-order valence-corrected chi connectivity index (χ3v) is 5.81. The maximum atomic E-state index is 12.5. The maximum absolute atomic E-state index is 12.5. The van der Waals surface area contributed by atoms with E-state index >= 15 is 0 Å². The molecular formula is C20H30N4O4. The van der Waals surface area contributed by atoms with E-state index in [1.165, 1.54) is 6.26 Å². The summed E-state index contributed by atoms with van der Waals surface area (Å²) < 4.78 is 5.19. The molecule has 8 nitrogen and oxygen atoms in total. The highest BCUT2D eigenvalue weighted by Crippen LogP contribution is 2.28. The first-order valence-corrected chi connectivity index (χ1v) is 10.2. The van der Waals surface area contributed by atoms with Crippen LogP contribution in [0.5, 0.6) is 0 Å². The number of nitrogens with one attached hydrogen (secondary N) is 2. The molecule has 3 rings (SSSR count). The molecule has 1 aromatic heterocycles. The van der Waals surface area contributed by atoms with Crippen LogP contribution in [0.15, 0.2) is 22.8 Å². The van der Waals surface area contributed by atoms with E-state index in [1.54, 1.807) is 29.0 Å². The van der Waals surface area contributed by atoms with Gasteiger partial charge in [0, 0.05) is 45.7 Å². The molecule has 1 saturated heterocycles. The molecule has 0 spiro atoms. The largest absolute Gasteiger partial charge is 0.459 e. The second kappa shape index (κ2) is 9.61. The lowest BCUT2D eigenvalue weighted by molar-refractivity contribution is -0.125. The predicted octanol–water partition coefficient (Wildman–Crippen LogP) is 1.69. The smallest absolute Gasteiger partial charge is 0.317 e. The maximum Gasteiger partial charge on any atom is 0.317 e. The van der Waals surface area contributed by atoms with Crippen molar-refractivity contribution >= 4 is 17.8 Å². The minimum Gasteiger partial charge on any atom is -0.459 e. The average molecular weight is 390 g/mol. The van der Waals surface area contributed by atoms with Crippen molar-refractivity contribution in [2.24, 2.45) is 11.8 Å². The van der Waals surface area contributed by atoms with Crippen molar-refractivity contribution < 1.29 is 18.8 Å². The Morgan fingerprint density at radius 1 is 1.07 bits per heavy atom. The van der Waals surface area contributed by atoms with Gasteiger partial charge < -0.3 is 24.9 Å². The summed E-state index contributed by atoms with van der Waals surface area (Å²) in [5.41, 5.74) is 0. The van der Waals surface area contributed by atoms with Crippen LogP contribution in [-0.2, 0) is 4.79 Å². The molecule has 0 unspecified atom stereocenters. The predicted molar refractivity (Wildman–Crippen MR) is 104 cm³/mol. The Hall–Kier alpha value is -2.51. The molecule has 28 heavy (non-hydrogen) atoms. The van der Waals surface area contributed by atoms with E-state index in [1.807, 2.05) is 0 Å². The summed E-state index contributed by atoms with van der Waals surface area (Å²) in [5, 5.41) is 5.76. The lowest BCUT2D eigenvalue weighted by atomic mass is 9.81. The van der Waals surface area contributed by atoms with Gasteiger partial charge in [0.25, 0.3) is 5.91 Å². The number of amides is 4. The Balaban J connectivity index is 1.40. The zero-order valence-corrected chi connectivity index (χ0v) is 16.5. The number of carbonyl (C=O) groups excluding carboxylic acids is 3. The zero-order chi connectivity index (χ0) is 19.9. The third kappa shape index (κ3) is 5.05. The summed E-state index contributed by atoms with van der Waals surface area (Å²) in [7, 11) is 1.68. The molecule has 1 saturated carbocycles. The summed E-state index contributed by atoms with van der Waals surface area (Å²) in [6, 6.07) is 3.30. The Labute approximate surface area is 165 Å². The van der Waals surface area contributed by atoms with Gasteiger partial charge in [0.1, 0.15) is 0 Å². The summed E-state index contributed by atoms with van der Waals surface area (Å²) in [6.45, 7) is 2.92. The number of furan rings is 1. The SMILES string of the molecule is CNC(=O)C1CCC(CNC(=O)N2CCCN(C(=O)c3ccco3)CC2)CC1. The zero-order valence-electron chi connectivity index (χ0n) is 16.5. The van der Waals surface area contributed by atoms with Crippen LogP contribution in [0.2, 0.25) is 0 Å². The molecule has 1 aliphatic heterocycles. The van der Waals surface area contributed by atoms with E-state index < -0.39 is 0 Å². The van der Waals surface area contributed by atoms with Crippen molar-refractivity contribution in [2.45, 2.75) is 32.1 Å². The van der Waals surface area contributed by atoms with Crippen molar-refractivity contribution in [1.29, 1.82) is 0 Å². The van der Waals surface area contributed by atoms with E-state index in [0.717, 1.165) is 32.1 Å². The highest BCUT2D eigenvalue weighted by molar-refractivity contribution is 5.91. The van der Waals surface area contributed by atoms with Gasteiger partial charge in [0.15, 0.2) is 5.76 Å². The van der Waals surface area contributed by atoms with Crippen molar-refractivity contribution in [3.05, 3.63) is 24.2 Å². The molecule has 0 atom stereocenters. The second-order valence-electron chi connectivity index (χ2n) is 7.63. The fourth-order valence-electron chi connectivity index (χ4n) is 4.06.